The van der Waals surface area contributed by atoms with E-state index in [9.17, 15) is 9.18 Å². The van der Waals surface area contributed by atoms with Crippen LogP contribution >= 0.6 is 0 Å². The molecule has 3 aromatic rings. The summed E-state index contributed by atoms with van der Waals surface area (Å²) < 4.78 is 19.7. The van der Waals surface area contributed by atoms with E-state index in [1.165, 1.54) is 7.11 Å². The predicted octanol–water partition coefficient (Wildman–Crippen LogP) is 2.92. The molecule has 4 rings (SSSR count). The van der Waals surface area contributed by atoms with Gasteiger partial charge in [-0.05, 0) is 18.9 Å². The zero-order chi connectivity index (χ0) is 18.3. The summed E-state index contributed by atoms with van der Waals surface area (Å²) in [5, 5.41) is 11.6. The number of carbonyl (C=O) groups excluding carboxylic acids is 1. The maximum Gasteiger partial charge on any atom is 0.274 e. The highest BCUT2D eigenvalue weighted by Crippen LogP contribution is 2.34. The second kappa shape index (κ2) is 6.25. The zero-order valence-electron chi connectivity index (χ0n) is 14.1. The van der Waals surface area contributed by atoms with E-state index < -0.39 is 5.82 Å². The number of anilines is 1. The van der Waals surface area contributed by atoms with E-state index in [-0.39, 0.29) is 29.1 Å². The van der Waals surface area contributed by atoms with Crippen LogP contribution in [0.3, 0.4) is 0 Å². The van der Waals surface area contributed by atoms with Crippen molar-refractivity contribution < 1.29 is 13.9 Å². The van der Waals surface area contributed by atoms with Gasteiger partial charge in [0.25, 0.3) is 5.91 Å². The molecule has 0 unspecified atom stereocenters. The van der Waals surface area contributed by atoms with Crippen molar-refractivity contribution in [2.24, 2.45) is 0 Å². The molecule has 3 N–H and O–H groups in total. The Morgan fingerprint density at radius 2 is 1.92 bits per heavy atom. The van der Waals surface area contributed by atoms with Gasteiger partial charge in [0.15, 0.2) is 17.3 Å². The molecular weight excluding hydrogens is 335 g/mol. The lowest BCUT2D eigenvalue weighted by Crippen LogP contribution is -2.27. The van der Waals surface area contributed by atoms with Crippen molar-refractivity contribution in [1.29, 1.82) is 0 Å². The van der Waals surface area contributed by atoms with Gasteiger partial charge >= 0.3 is 0 Å². The first-order chi connectivity index (χ1) is 12.6. The van der Waals surface area contributed by atoms with Gasteiger partial charge in [0, 0.05) is 22.6 Å². The van der Waals surface area contributed by atoms with Gasteiger partial charge in [-0.25, -0.2) is 4.39 Å². The molecule has 1 aromatic heterocycles. The number of benzene rings is 2. The van der Waals surface area contributed by atoms with Gasteiger partial charge in [0.2, 0.25) is 0 Å². The molecule has 132 valence electrons. The number of rotatable bonds is 4. The van der Waals surface area contributed by atoms with Crippen molar-refractivity contribution in [3.8, 4) is 16.9 Å². The van der Waals surface area contributed by atoms with E-state index in [0.29, 0.717) is 22.0 Å². The number of nitrogen functional groups attached to an aromatic ring is 1. The topological polar surface area (TPSA) is 90.1 Å². The highest BCUT2D eigenvalue weighted by Gasteiger charge is 2.26. The number of carbonyl (C=O) groups is 1. The number of aromatic nitrogens is 2. The van der Waals surface area contributed by atoms with Gasteiger partial charge in [-0.3, -0.25) is 4.79 Å². The molecule has 0 spiro atoms. The van der Waals surface area contributed by atoms with Crippen molar-refractivity contribution in [1.82, 2.24) is 15.5 Å². The first-order valence-corrected chi connectivity index (χ1v) is 8.28. The minimum absolute atomic E-state index is 0.0904. The molecule has 0 saturated heterocycles. The second-order valence-electron chi connectivity index (χ2n) is 6.23. The fourth-order valence-corrected chi connectivity index (χ4v) is 2.89. The van der Waals surface area contributed by atoms with Crippen molar-refractivity contribution in [2.75, 3.05) is 12.8 Å². The lowest BCUT2D eigenvalue weighted by molar-refractivity contribution is 0.0946. The number of hydrogen-bond acceptors (Lipinski definition) is 5. The van der Waals surface area contributed by atoms with Crippen molar-refractivity contribution in [3.63, 3.8) is 0 Å². The number of fused-ring (bicyclic) bond motifs is 1. The van der Waals surface area contributed by atoms with Gasteiger partial charge in [0.05, 0.1) is 12.8 Å². The Balaban J connectivity index is 1.85. The molecule has 1 aliphatic rings. The summed E-state index contributed by atoms with van der Waals surface area (Å²) in [6, 6.07) is 10.3. The average Bonchev–Trinajstić information content (AvgIpc) is 3.46. The Labute approximate surface area is 149 Å². The fraction of sp³-hybridized carbons (Fsp3) is 0.211. The SMILES string of the molecule is COc1cccc(-c2cccc3c(N)c(C(=O)NC4CC4)nnc23)c1F. The fourth-order valence-electron chi connectivity index (χ4n) is 2.89. The summed E-state index contributed by atoms with van der Waals surface area (Å²) >= 11 is 0. The summed E-state index contributed by atoms with van der Waals surface area (Å²) in [5.41, 5.74) is 7.80. The molecule has 1 amide bonds. The number of nitrogens with one attached hydrogen (secondary N) is 1. The number of ether oxygens (including phenoxy) is 1. The summed E-state index contributed by atoms with van der Waals surface area (Å²) in [5.74, 6) is -0.684. The van der Waals surface area contributed by atoms with Crippen LogP contribution in [0.5, 0.6) is 5.75 Å². The molecule has 1 saturated carbocycles. The molecule has 2 aromatic carbocycles. The van der Waals surface area contributed by atoms with Crippen LogP contribution in [0.15, 0.2) is 36.4 Å². The Hall–Kier alpha value is -3.22. The van der Waals surface area contributed by atoms with Gasteiger partial charge < -0.3 is 15.8 Å². The molecule has 1 aliphatic carbocycles. The largest absolute Gasteiger partial charge is 0.494 e. The van der Waals surface area contributed by atoms with Crippen LogP contribution in [0.1, 0.15) is 23.3 Å². The van der Waals surface area contributed by atoms with Crippen LogP contribution in [-0.4, -0.2) is 29.3 Å². The number of amides is 1. The number of methoxy groups -OCH3 is 1. The molecule has 7 heteroatoms. The third kappa shape index (κ3) is 2.71. The molecule has 1 heterocycles. The smallest absolute Gasteiger partial charge is 0.274 e. The quantitative estimate of drug-likeness (QED) is 0.753. The van der Waals surface area contributed by atoms with Crippen LogP contribution < -0.4 is 15.8 Å². The average molecular weight is 352 g/mol. The first kappa shape index (κ1) is 16.3. The predicted molar refractivity (Wildman–Crippen MR) is 96.4 cm³/mol. The molecule has 0 radical (unpaired) electrons. The maximum absolute atomic E-state index is 14.7. The third-order valence-corrected chi connectivity index (χ3v) is 4.43. The maximum atomic E-state index is 14.7. The van der Waals surface area contributed by atoms with Crippen molar-refractivity contribution in [2.45, 2.75) is 18.9 Å². The van der Waals surface area contributed by atoms with E-state index in [0.717, 1.165) is 12.8 Å². The summed E-state index contributed by atoms with van der Waals surface area (Å²) in [7, 11) is 1.41. The standard InChI is InChI=1S/C19H17FN4O2/c1-26-14-7-3-4-11(15(14)20)12-5-2-6-13-16(21)18(24-23-17(12)13)19(25)22-10-8-9-10/h2-7,10H,8-9H2,1H3,(H2,21,23)(H,22,25). The molecule has 0 aliphatic heterocycles. The lowest BCUT2D eigenvalue weighted by Gasteiger charge is -2.12. The number of nitrogens with two attached hydrogens (primary N) is 1. The van der Waals surface area contributed by atoms with Gasteiger partial charge in [-0.1, -0.05) is 30.3 Å². The zero-order valence-corrected chi connectivity index (χ0v) is 14.1. The number of nitrogens with zero attached hydrogens (tertiary/aromatic N) is 2. The number of hydrogen-bond donors (Lipinski definition) is 2. The van der Waals surface area contributed by atoms with Crippen LogP contribution in [0, 0.1) is 5.82 Å². The van der Waals surface area contributed by atoms with E-state index in [4.69, 9.17) is 10.5 Å². The van der Waals surface area contributed by atoms with Gasteiger partial charge in [-0.2, -0.15) is 0 Å². The van der Waals surface area contributed by atoms with Crippen LogP contribution in [0.2, 0.25) is 0 Å². The Kier molecular flexibility index (Phi) is 3.91. The molecule has 26 heavy (non-hydrogen) atoms. The Bertz CT molecular complexity index is 1020. The monoisotopic (exact) mass is 352 g/mol. The van der Waals surface area contributed by atoms with Crippen LogP contribution in [-0.2, 0) is 0 Å². The van der Waals surface area contributed by atoms with Gasteiger partial charge in [-0.15, -0.1) is 10.2 Å². The minimum Gasteiger partial charge on any atom is -0.494 e. The summed E-state index contributed by atoms with van der Waals surface area (Å²) in [6.07, 6.45) is 1.93. The Morgan fingerprint density at radius 1 is 1.19 bits per heavy atom. The molecule has 0 atom stereocenters. The van der Waals surface area contributed by atoms with Gasteiger partial charge in [0.1, 0.15) is 5.52 Å². The van der Waals surface area contributed by atoms with E-state index in [1.807, 2.05) is 0 Å². The van der Waals surface area contributed by atoms with E-state index in [1.54, 1.807) is 36.4 Å². The summed E-state index contributed by atoms with van der Waals surface area (Å²) in [4.78, 5) is 12.3. The van der Waals surface area contributed by atoms with Crippen molar-refractivity contribution in [3.05, 3.63) is 47.9 Å². The van der Waals surface area contributed by atoms with Crippen LogP contribution in [0.4, 0.5) is 10.1 Å². The molecular formula is C19H17FN4O2. The minimum atomic E-state index is -0.488. The highest BCUT2D eigenvalue weighted by molar-refractivity contribution is 6.07. The van der Waals surface area contributed by atoms with Crippen molar-refractivity contribution >= 4 is 22.5 Å². The summed E-state index contributed by atoms with van der Waals surface area (Å²) in [6.45, 7) is 0. The second-order valence-corrected chi connectivity index (χ2v) is 6.23. The van der Waals surface area contributed by atoms with E-state index >= 15 is 0 Å². The highest BCUT2D eigenvalue weighted by atomic mass is 19.1. The molecule has 6 nitrogen and oxygen atoms in total. The number of halogens is 1. The Morgan fingerprint density at radius 3 is 2.65 bits per heavy atom. The third-order valence-electron chi connectivity index (χ3n) is 4.43. The van der Waals surface area contributed by atoms with E-state index in [2.05, 4.69) is 15.5 Å². The normalized spacial score (nSPS) is 13.6. The molecule has 0 bridgehead atoms. The lowest BCUT2D eigenvalue weighted by atomic mass is 10.0. The molecule has 1 fully saturated rings. The first-order valence-electron chi connectivity index (χ1n) is 8.28. The van der Waals surface area contributed by atoms with Crippen LogP contribution in [0.25, 0.3) is 22.0 Å².